The molecule has 0 heterocycles. The van der Waals surface area contributed by atoms with E-state index in [1.54, 1.807) is 0 Å². The van der Waals surface area contributed by atoms with E-state index in [4.69, 9.17) is 0 Å². The SMILES string of the molecule is CCBr.CCCNc1ccccc1. The van der Waals surface area contributed by atoms with E-state index in [1.807, 2.05) is 25.1 Å². The van der Waals surface area contributed by atoms with Crippen LogP contribution < -0.4 is 5.32 Å². The van der Waals surface area contributed by atoms with Gasteiger partial charge in [0.25, 0.3) is 0 Å². The van der Waals surface area contributed by atoms with Crippen LogP contribution in [0, 0.1) is 0 Å². The fraction of sp³-hybridized carbons (Fsp3) is 0.455. The van der Waals surface area contributed by atoms with Gasteiger partial charge >= 0.3 is 0 Å². The van der Waals surface area contributed by atoms with Gasteiger partial charge in [0.15, 0.2) is 0 Å². The molecule has 0 spiro atoms. The summed E-state index contributed by atoms with van der Waals surface area (Å²) >= 11 is 3.15. The number of para-hydroxylation sites is 1. The quantitative estimate of drug-likeness (QED) is 0.795. The normalized spacial score (nSPS) is 8.54. The Morgan fingerprint density at radius 2 is 1.69 bits per heavy atom. The average Bonchev–Trinajstić information content (AvgIpc) is 2.18. The fourth-order valence-electron chi connectivity index (χ4n) is 0.825. The molecular weight excluding hydrogens is 226 g/mol. The van der Waals surface area contributed by atoms with E-state index in [0.29, 0.717) is 0 Å². The molecule has 0 atom stereocenters. The Hall–Kier alpha value is -0.500. The largest absolute Gasteiger partial charge is 0.385 e. The molecule has 0 amide bonds. The van der Waals surface area contributed by atoms with Crippen molar-refractivity contribution in [1.82, 2.24) is 0 Å². The molecule has 0 radical (unpaired) electrons. The smallest absolute Gasteiger partial charge is 0.0340 e. The van der Waals surface area contributed by atoms with Crippen molar-refractivity contribution in [3.8, 4) is 0 Å². The lowest BCUT2D eigenvalue weighted by Crippen LogP contribution is -1.98. The third-order valence-electron chi connectivity index (χ3n) is 1.35. The van der Waals surface area contributed by atoms with E-state index in [0.717, 1.165) is 11.9 Å². The van der Waals surface area contributed by atoms with Crippen LogP contribution in [-0.2, 0) is 0 Å². The molecule has 0 aliphatic heterocycles. The summed E-state index contributed by atoms with van der Waals surface area (Å²) in [5.41, 5.74) is 1.21. The van der Waals surface area contributed by atoms with Crippen molar-refractivity contribution in [3.05, 3.63) is 30.3 Å². The molecule has 0 bridgehead atoms. The van der Waals surface area contributed by atoms with Gasteiger partial charge in [0, 0.05) is 17.6 Å². The number of halogens is 1. The molecule has 2 heteroatoms. The first-order valence-electron chi connectivity index (χ1n) is 4.70. The van der Waals surface area contributed by atoms with E-state index < -0.39 is 0 Å². The summed E-state index contributed by atoms with van der Waals surface area (Å²) in [7, 11) is 0. The Bertz CT molecular complexity index is 187. The highest BCUT2D eigenvalue weighted by molar-refractivity contribution is 9.09. The standard InChI is InChI=1S/C9H13N.C2H5Br/c1-2-8-10-9-6-4-3-5-7-9;1-2-3/h3-7,10H,2,8H2,1H3;2H2,1H3. The zero-order valence-electron chi connectivity index (χ0n) is 8.39. The lowest BCUT2D eigenvalue weighted by Gasteiger charge is -2.01. The van der Waals surface area contributed by atoms with Crippen molar-refractivity contribution in [1.29, 1.82) is 0 Å². The van der Waals surface area contributed by atoms with Gasteiger partial charge in [-0.25, -0.2) is 0 Å². The summed E-state index contributed by atoms with van der Waals surface area (Å²) in [5, 5.41) is 4.36. The number of hydrogen-bond acceptors (Lipinski definition) is 1. The minimum atomic E-state index is 1.06. The average molecular weight is 244 g/mol. The predicted molar refractivity (Wildman–Crippen MR) is 64.7 cm³/mol. The highest BCUT2D eigenvalue weighted by atomic mass is 79.9. The lowest BCUT2D eigenvalue weighted by molar-refractivity contribution is 0.980. The van der Waals surface area contributed by atoms with E-state index >= 15 is 0 Å². The Morgan fingerprint density at radius 1 is 1.15 bits per heavy atom. The molecule has 74 valence electrons. The highest BCUT2D eigenvalue weighted by Gasteiger charge is 1.84. The number of nitrogens with one attached hydrogen (secondary N) is 1. The Balaban J connectivity index is 0.000000424. The summed E-state index contributed by atoms with van der Waals surface area (Å²) < 4.78 is 0. The van der Waals surface area contributed by atoms with Crippen molar-refractivity contribution in [2.24, 2.45) is 0 Å². The first-order chi connectivity index (χ1) is 6.35. The van der Waals surface area contributed by atoms with Gasteiger partial charge in [0.1, 0.15) is 0 Å². The van der Waals surface area contributed by atoms with Crippen LogP contribution in [0.1, 0.15) is 20.3 Å². The van der Waals surface area contributed by atoms with Crippen LogP contribution in [0.15, 0.2) is 30.3 Å². The fourth-order valence-corrected chi connectivity index (χ4v) is 0.825. The van der Waals surface area contributed by atoms with Crippen molar-refractivity contribution >= 4 is 21.6 Å². The summed E-state index contributed by atoms with van der Waals surface area (Å²) in [6.45, 7) is 5.26. The number of anilines is 1. The summed E-state index contributed by atoms with van der Waals surface area (Å²) in [6.07, 6.45) is 1.18. The maximum Gasteiger partial charge on any atom is 0.0340 e. The van der Waals surface area contributed by atoms with E-state index in [2.05, 4.69) is 40.3 Å². The van der Waals surface area contributed by atoms with Gasteiger partial charge in [-0.1, -0.05) is 48.0 Å². The third-order valence-corrected chi connectivity index (χ3v) is 1.35. The minimum Gasteiger partial charge on any atom is -0.385 e. The van der Waals surface area contributed by atoms with Crippen molar-refractivity contribution in [2.45, 2.75) is 20.3 Å². The molecule has 1 aromatic carbocycles. The van der Waals surface area contributed by atoms with E-state index in [9.17, 15) is 0 Å². The van der Waals surface area contributed by atoms with Gasteiger partial charge < -0.3 is 5.32 Å². The molecule has 1 aromatic rings. The summed E-state index contributed by atoms with van der Waals surface area (Å²) in [5.74, 6) is 0. The van der Waals surface area contributed by atoms with Crippen LogP contribution in [-0.4, -0.2) is 11.9 Å². The molecule has 1 nitrogen and oxygen atoms in total. The zero-order chi connectivity index (χ0) is 9.94. The van der Waals surface area contributed by atoms with Crippen LogP contribution in [0.4, 0.5) is 5.69 Å². The van der Waals surface area contributed by atoms with Crippen molar-refractivity contribution in [3.63, 3.8) is 0 Å². The van der Waals surface area contributed by atoms with E-state index in [-0.39, 0.29) is 0 Å². The monoisotopic (exact) mass is 243 g/mol. The van der Waals surface area contributed by atoms with E-state index in [1.165, 1.54) is 12.1 Å². The van der Waals surface area contributed by atoms with Crippen LogP contribution in [0.2, 0.25) is 0 Å². The second-order valence-electron chi connectivity index (χ2n) is 2.56. The molecular formula is C11H18BrN. The Morgan fingerprint density at radius 3 is 2.15 bits per heavy atom. The zero-order valence-corrected chi connectivity index (χ0v) is 9.97. The molecule has 0 unspecified atom stereocenters. The summed E-state index contributed by atoms with van der Waals surface area (Å²) in [6, 6.07) is 10.3. The van der Waals surface area contributed by atoms with Gasteiger partial charge in [-0.3, -0.25) is 0 Å². The van der Waals surface area contributed by atoms with Gasteiger partial charge in [0.05, 0.1) is 0 Å². The molecule has 0 saturated carbocycles. The third kappa shape index (κ3) is 7.85. The molecule has 0 fully saturated rings. The molecule has 0 saturated heterocycles. The Labute approximate surface area is 89.7 Å². The van der Waals surface area contributed by atoms with Gasteiger partial charge in [0.2, 0.25) is 0 Å². The summed E-state index contributed by atoms with van der Waals surface area (Å²) in [4.78, 5) is 0. The highest BCUT2D eigenvalue weighted by Crippen LogP contribution is 2.03. The van der Waals surface area contributed by atoms with Crippen LogP contribution in [0.25, 0.3) is 0 Å². The lowest BCUT2D eigenvalue weighted by atomic mass is 10.3. The maximum atomic E-state index is 3.29. The molecule has 0 aliphatic rings. The Kier molecular flexibility index (Phi) is 9.22. The van der Waals surface area contributed by atoms with Crippen LogP contribution in [0.3, 0.4) is 0 Å². The van der Waals surface area contributed by atoms with Gasteiger partial charge in [-0.2, -0.15) is 0 Å². The van der Waals surface area contributed by atoms with Gasteiger partial charge in [-0.15, -0.1) is 0 Å². The first-order valence-corrected chi connectivity index (χ1v) is 5.82. The first kappa shape index (κ1) is 12.5. The van der Waals surface area contributed by atoms with Crippen LogP contribution in [0.5, 0.6) is 0 Å². The minimum absolute atomic E-state index is 1.06. The topological polar surface area (TPSA) is 12.0 Å². The number of hydrogen-bond donors (Lipinski definition) is 1. The number of benzene rings is 1. The molecule has 0 aliphatic carbocycles. The molecule has 13 heavy (non-hydrogen) atoms. The number of rotatable bonds is 3. The predicted octanol–water partition coefficient (Wildman–Crippen LogP) is 3.91. The maximum absolute atomic E-state index is 3.29. The molecule has 1 rings (SSSR count). The molecule has 1 N–H and O–H groups in total. The number of alkyl halides is 1. The second-order valence-corrected chi connectivity index (χ2v) is 3.68. The van der Waals surface area contributed by atoms with Crippen molar-refractivity contribution < 1.29 is 0 Å². The van der Waals surface area contributed by atoms with Crippen molar-refractivity contribution in [2.75, 3.05) is 17.2 Å². The van der Waals surface area contributed by atoms with Crippen LogP contribution >= 0.6 is 15.9 Å². The van der Waals surface area contributed by atoms with Gasteiger partial charge in [-0.05, 0) is 18.6 Å². The second kappa shape index (κ2) is 9.59. The molecule has 0 aromatic heterocycles.